The highest BCUT2D eigenvalue weighted by atomic mass is 16.7. The van der Waals surface area contributed by atoms with Gasteiger partial charge < -0.3 is 19.5 Å². The van der Waals surface area contributed by atoms with Gasteiger partial charge in [-0.2, -0.15) is 5.21 Å². The number of hydrogen-bond acceptors (Lipinski definition) is 7. The van der Waals surface area contributed by atoms with Gasteiger partial charge >= 0.3 is 0 Å². The van der Waals surface area contributed by atoms with Crippen LogP contribution in [0.4, 0.5) is 0 Å². The molecule has 0 saturated heterocycles. The SMILES string of the molecule is COc1cc(CNCc2nn[nH]n2)cc2c1OCO2. The van der Waals surface area contributed by atoms with Gasteiger partial charge in [-0.25, -0.2) is 0 Å². The molecular weight excluding hydrogens is 250 g/mol. The molecule has 1 aliphatic heterocycles. The van der Waals surface area contributed by atoms with Crippen LogP contribution in [0.1, 0.15) is 11.4 Å². The summed E-state index contributed by atoms with van der Waals surface area (Å²) < 4.78 is 16.0. The molecule has 0 aliphatic carbocycles. The van der Waals surface area contributed by atoms with Gasteiger partial charge in [0.1, 0.15) is 0 Å². The van der Waals surface area contributed by atoms with Crippen molar-refractivity contribution in [1.82, 2.24) is 25.9 Å². The van der Waals surface area contributed by atoms with Crippen molar-refractivity contribution in [3.63, 3.8) is 0 Å². The van der Waals surface area contributed by atoms with Crippen molar-refractivity contribution in [3.8, 4) is 17.2 Å². The van der Waals surface area contributed by atoms with Crippen molar-refractivity contribution in [2.45, 2.75) is 13.1 Å². The summed E-state index contributed by atoms with van der Waals surface area (Å²) in [5, 5.41) is 16.8. The van der Waals surface area contributed by atoms with Crippen molar-refractivity contribution in [3.05, 3.63) is 23.5 Å². The summed E-state index contributed by atoms with van der Waals surface area (Å²) in [6, 6.07) is 3.84. The van der Waals surface area contributed by atoms with Crippen LogP contribution >= 0.6 is 0 Å². The number of aromatic amines is 1. The molecule has 2 aromatic rings. The lowest BCUT2D eigenvalue weighted by Crippen LogP contribution is -2.13. The number of methoxy groups -OCH3 is 1. The molecule has 0 fully saturated rings. The molecule has 0 unspecified atom stereocenters. The Hall–Kier alpha value is -2.35. The van der Waals surface area contributed by atoms with Crippen LogP contribution in [0.2, 0.25) is 0 Å². The average Bonchev–Trinajstić information content (AvgIpc) is 3.08. The van der Waals surface area contributed by atoms with Crippen LogP contribution in [0.5, 0.6) is 17.2 Å². The van der Waals surface area contributed by atoms with E-state index in [0.29, 0.717) is 36.2 Å². The maximum atomic E-state index is 5.36. The molecular formula is C11H13N5O3. The van der Waals surface area contributed by atoms with Gasteiger partial charge in [0.25, 0.3) is 0 Å². The zero-order chi connectivity index (χ0) is 13.1. The quantitative estimate of drug-likeness (QED) is 0.797. The van der Waals surface area contributed by atoms with Gasteiger partial charge in [-0.05, 0) is 17.7 Å². The molecule has 2 heterocycles. The predicted molar refractivity (Wildman–Crippen MR) is 63.8 cm³/mol. The summed E-state index contributed by atoms with van der Waals surface area (Å²) in [7, 11) is 1.60. The number of ether oxygens (including phenoxy) is 3. The standard InChI is InChI=1S/C11H13N5O3/c1-17-8-2-7(3-9-11(8)19-6-18-9)4-12-5-10-13-15-16-14-10/h2-3,12H,4-6H2,1H3,(H,13,14,15,16). The van der Waals surface area contributed by atoms with E-state index in [4.69, 9.17) is 14.2 Å². The van der Waals surface area contributed by atoms with Crippen LogP contribution in [0.25, 0.3) is 0 Å². The van der Waals surface area contributed by atoms with Crippen molar-refractivity contribution < 1.29 is 14.2 Å². The highest BCUT2D eigenvalue weighted by Crippen LogP contribution is 2.41. The monoisotopic (exact) mass is 263 g/mol. The van der Waals surface area contributed by atoms with Crippen molar-refractivity contribution in [2.75, 3.05) is 13.9 Å². The molecule has 1 aromatic carbocycles. The van der Waals surface area contributed by atoms with Gasteiger partial charge in [0.15, 0.2) is 17.3 Å². The second-order valence-corrected chi connectivity index (χ2v) is 3.96. The molecule has 19 heavy (non-hydrogen) atoms. The number of hydrogen-bond donors (Lipinski definition) is 2. The fourth-order valence-corrected chi connectivity index (χ4v) is 1.86. The third kappa shape index (κ3) is 2.43. The average molecular weight is 263 g/mol. The van der Waals surface area contributed by atoms with E-state index in [9.17, 15) is 0 Å². The summed E-state index contributed by atoms with van der Waals surface area (Å²) in [5.41, 5.74) is 1.03. The lowest BCUT2D eigenvalue weighted by molar-refractivity contribution is 0.171. The van der Waals surface area contributed by atoms with Crippen LogP contribution in [0.15, 0.2) is 12.1 Å². The molecule has 1 aromatic heterocycles. The van der Waals surface area contributed by atoms with Crippen LogP contribution in [0.3, 0.4) is 0 Å². The largest absolute Gasteiger partial charge is 0.493 e. The zero-order valence-electron chi connectivity index (χ0n) is 10.3. The van der Waals surface area contributed by atoms with E-state index in [-0.39, 0.29) is 6.79 Å². The summed E-state index contributed by atoms with van der Waals surface area (Å²) in [5.74, 6) is 2.65. The van der Waals surface area contributed by atoms with Gasteiger partial charge in [-0.3, -0.25) is 0 Å². The van der Waals surface area contributed by atoms with Gasteiger partial charge in [0.05, 0.1) is 13.7 Å². The van der Waals surface area contributed by atoms with Crippen LogP contribution in [-0.2, 0) is 13.1 Å². The summed E-state index contributed by atoms with van der Waals surface area (Å²) in [4.78, 5) is 0. The molecule has 100 valence electrons. The Morgan fingerprint density at radius 1 is 1.37 bits per heavy atom. The van der Waals surface area contributed by atoms with Gasteiger partial charge in [0, 0.05) is 6.54 Å². The number of benzene rings is 1. The van der Waals surface area contributed by atoms with Gasteiger partial charge in [0.2, 0.25) is 12.5 Å². The Bertz CT molecular complexity index is 558. The van der Waals surface area contributed by atoms with Crippen LogP contribution in [0, 0.1) is 0 Å². The van der Waals surface area contributed by atoms with E-state index in [0.717, 1.165) is 5.56 Å². The maximum Gasteiger partial charge on any atom is 0.231 e. The fraction of sp³-hybridized carbons (Fsp3) is 0.364. The first-order valence-electron chi connectivity index (χ1n) is 5.76. The summed E-state index contributed by atoms with van der Waals surface area (Å²) in [6.07, 6.45) is 0. The minimum absolute atomic E-state index is 0.228. The Morgan fingerprint density at radius 3 is 3.11 bits per heavy atom. The van der Waals surface area contributed by atoms with E-state index in [2.05, 4.69) is 25.9 Å². The van der Waals surface area contributed by atoms with E-state index in [1.165, 1.54) is 0 Å². The number of tetrazole rings is 1. The molecule has 2 N–H and O–H groups in total. The van der Waals surface area contributed by atoms with Gasteiger partial charge in [-0.15, -0.1) is 10.2 Å². The van der Waals surface area contributed by atoms with Crippen molar-refractivity contribution >= 4 is 0 Å². The van der Waals surface area contributed by atoms with Crippen LogP contribution < -0.4 is 19.5 Å². The zero-order valence-corrected chi connectivity index (χ0v) is 10.3. The minimum atomic E-state index is 0.228. The van der Waals surface area contributed by atoms with E-state index in [1.54, 1.807) is 7.11 Å². The highest BCUT2D eigenvalue weighted by Gasteiger charge is 2.19. The second-order valence-electron chi connectivity index (χ2n) is 3.96. The summed E-state index contributed by atoms with van der Waals surface area (Å²) >= 11 is 0. The molecule has 3 rings (SSSR count). The number of rotatable bonds is 5. The number of H-pyrrole nitrogens is 1. The second kappa shape index (κ2) is 5.11. The maximum absolute atomic E-state index is 5.36. The number of nitrogens with one attached hydrogen (secondary N) is 2. The van der Waals surface area contributed by atoms with Crippen LogP contribution in [-0.4, -0.2) is 34.5 Å². The normalized spacial score (nSPS) is 12.7. The number of aromatic nitrogens is 4. The van der Waals surface area contributed by atoms with E-state index >= 15 is 0 Å². The molecule has 8 heteroatoms. The molecule has 1 aliphatic rings. The molecule has 0 saturated carbocycles. The smallest absolute Gasteiger partial charge is 0.231 e. The third-order valence-corrected chi connectivity index (χ3v) is 2.72. The minimum Gasteiger partial charge on any atom is -0.493 e. The van der Waals surface area contributed by atoms with Gasteiger partial charge in [-0.1, -0.05) is 5.21 Å². The molecule has 0 radical (unpaired) electrons. The Labute approximate surface area is 109 Å². The first-order chi connectivity index (χ1) is 9.36. The number of fused-ring (bicyclic) bond motifs is 1. The first kappa shape index (κ1) is 11.7. The Morgan fingerprint density at radius 2 is 2.32 bits per heavy atom. The van der Waals surface area contributed by atoms with E-state index in [1.807, 2.05) is 12.1 Å². The van der Waals surface area contributed by atoms with Crippen molar-refractivity contribution in [1.29, 1.82) is 0 Å². The first-order valence-corrected chi connectivity index (χ1v) is 5.76. The summed E-state index contributed by atoms with van der Waals surface area (Å²) in [6.45, 7) is 1.40. The number of nitrogens with zero attached hydrogens (tertiary/aromatic N) is 3. The lowest BCUT2D eigenvalue weighted by Gasteiger charge is -2.08. The van der Waals surface area contributed by atoms with E-state index < -0.39 is 0 Å². The molecule has 0 spiro atoms. The third-order valence-electron chi connectivity index (χ3n) is 2.72. The Kier molecular flexibility index (Phi) is 3.15. The predicted octanol–water partition coefficient (Wildman–Crippen LogP) is 0.227. The molecule has 0 amide bonds. The molecule has 0 atom stereocenters. The molecule has 0 bridgehead atoms. The molecule has 8 nitrogen and oxygen atoms in total. The topological polar surface area (TPSA) is 94.2 Å². The Balaban J connectivity index is 1.68. The highest BCUT2D eigenvalue weighted by molar-refractivity contribution is 5.55. The fourth-order valence-electron chi connectivity index (χ4n) is 1.86. The van der Waals surface area contributed by atoms with Crippen molar-refractivity contribution in [2.24, 2.45) is 0 Å². The lowest BCUT2D eigenvalue weighted by atomic mass is 10.2.